The van der Waals surface area contributed by atoms with E-state index in [9.17, 15) is 13.5 Å². The van der Waals surface area contributed by atoms with Crippen molar-refractivity contribution >= 4 is 10.1 Å². The lowest BCUT2D eigenvalue weighted by molar-refractivity contribution is 0.148. The van der Waals surface area contributed by atoms with E-state index in [1.807, 2.05) is 0 Å². The van der Waals surface area contributed by atoms with Crippen molar-refractivity contribution in [1.29, 1.82) is 0 Å². The molecule has 18 heavy (non-hydrogen) atoms. The highest BCUT2D eigenvalue weighted by Gasteiger charge is 2.15. The second-order valence-electron chi connectivity index (χ2n) is 5.11. The Hall–Kier alpha value is -0.130. The van der Waals surface area contributed by atoms with Gasteiger partial charge in [0.15, 0.2) is 0 Å². The maximum Gasteiger partial charge on any atom is 0.267 e. The molecule has 0 spiro atoms. The Morgan fingerprint density at radius 2 is 1.44 bits per heavy atom. The Morgan fingerprint density at radius 1 is 0.944 bits per heavy atom. The lowest BCUT2D eigenvalue weighted by atomic mass is 10.0. The summed E-state index contributed by atoms with van der Waals surface area (Å²) >= 11 is 0. The molecule has 0 radical (unpaired) electrons. The van der Waals surface area contributed by atoms with Crippen LogP contribution in [0.25, 0.3) is 0 Å². The van der Waals surface area contributed by atoms with Crippen molar-refractivity contribution in [3.05, 3.63) is 0 Å². The molecule has 5 heteroatoms. The van der Waals surface area contributed by atoms with Crippen LogP contribution in [0.4, 0.5) is 0 Å². The predicted molar refractivity (Wildman–Crippen MR) is 74.2 cm³/mol. The number of hydrogen-bond donors (Lipinski definition) is 2. The van der Waals surface area contributed by atoms with Crippen molar-refractivity contribution in [1.82, 2.24) is 0 Å². The lowest BCUT2D eigenvalue weighted by Crippen LogP contribution is -2.16. The van der Waals surface area contributed by atoms with Crippen molar-refractivity contribution in [3.8, 4) is 0 Å². The number of unbranched alkanes of at least 4 members (excludes halogenated alkanes) is 4. The molecule has 4 nitrogen and oxygen atoms in total. The van der Waals surface area contributed by atoms with E-state index < -0.39 is 15.4 Å². The second-order valence-corrected chi connectivity index (χ2v) is 6.95. The van der Waals surface area contributed by atoms with Crippen LogP contribution in [0.1, 0.15) is 71.6 Å². The van der Waals surface area contributed by atoms with Gasteiger partial charge in [0.1, 0.15) is 0 Å². The first kappa shape index (κ1) is 17.9. The minimum atomic E-state index is -3.86. The van der Waals surface area contributed by atoms with E-state index in [2.05, 4.69) is 6.92 Å². The average Bonchev–Trinajstić information content (AvgIpc) is 2.29. The van der Waals surface area contributed by atoms with E-state index in [1.54, 1.807) is 0 Å². The third-order valence-corrected chi connectivity index (χ3v) is 4.55. The monoisotopic (exact) mass is 280 g/mol. The highest BCUT2D eigenvalue weighted by atomic mass is 32.2. The van der Waals surface area contributed by atoms with E-state index in [4.69, 9.17) is 4.55 Å². The summed E-state index contributed by atoms with van der Waals surface area (Å²) in [4.78, 5) is 0. The fraction of sp³-hybridized carbons (Fsp3) is 1.00. The van der Waals surface area contributed by atoms with Gasteiger partial charge in [-0.05, 0) is 26.2 Å². The SMILES string of the molecule is CCCCC(O)CCCCCCC(C)S(=O)(=O)O. The van der Waals surface area contributed by atoms with Crippen molar-refractivity contribution in [3.63, 3.8) is 0 Å². The van der Waals surface area contributed by atoms with Gasteiger partial charge in [-0.15, -0.1) is 0 Å². The van der Waals surface area contributed by atoms with Gasteiger partial charge in [-0.1, -0.05) is 45.4 Å². The lowest BCUT2D eigenvalue weighted by Gasteiger charge is -2.10. The first-order valence-corrected chi connectivity index (χ1v) is 8.52. The second kappa shape index (κ2) is 9.75. The zero-order valence-electron chi connectivity index (χ0n) is 11.6. The Kier molecular flexibility index (Phi) is 9.68. The first-order chi connectivity index (χ1) is 8.38. The molecule has 0 rings (SSSR count). The van der Waals surface area contributed by atoms with Crippen molar-refractivity contribution < 1.29 is 18.1 Å². The summed E-state index contributed by atoms with van der Waals surface area (Å²) in [6.45, 7) is 3.65. The highest BCUT2D eigenvalue weighted by Crippen LogP contribution is 2.13. The zero-order valence-corrected chi connectivity index (χ0v) is 12.5. The van der Waals surface area contributed by atoms with Gasteiger partial charge in [0.25, 0.3) is 10.1 Å². The van der Waals surface area contributed by atoms with Crippen molar-refractivity contribution in [2.45, 2.75) is 83.0 Å². The molecule has 0 heterocycles. The highest BCUT2D eigenvalue weighted by molar-refractivity contribution is 7.86. The molecule has 0 aromatic rings. The quantitative estimate of drug-likeness (QED) is 0.450. The van der Waals surface area contributed by atoms with Crippen LogP contribution >= 0.6 is 0 Å². The predicted octanol–water partition coefficient (Wildman–Crippen LogP) is 3.15. The van der Waals surface area contributed by atoms with E-state index >= 15 is 0 Å². The van der Waals surface area contributed by atoms with E-state index in [-0.39, 0.29) is 6.10 Å². The van der Waals surface area contributed by atoms with Crippen LogP contribution in [0.5, 0.6) is 0 Å². The Bertz CT molecular complexity index is 287. The molecule has 0 aromatic heterocycles. The summed E-state index contributed by atoms with van der Waals surface area (Å²) in [6, 6.07) is 0. The standard InChI is InChI=1S/C13H28O4S/c1-3-4-10-13(14)11-8-6-5-7-9-12(2)18(15,16)17/h12-14H,3-11H2,1-2H3,(H,15,16,17). The number of aliphatic hydroxyl groups is 1. The fourth-order valence-corrected chi connectivity index (χ4v) is 2.36. The molecular formula is C13H28O4S. The molecule has 0 amide bonds. The van der Waals surface area contributed by atoms with Gasteiger partial charge in [-0.3, -0.25) is 4.55 Å². The van der Waals surface area contributed by atoms with Gasteiger partial charge in [0.2, 0.25) is 0 Å². The summed E-state index contributed by atoms with van der Waals surface area (Å²) in [7, 11) is -3.86. The van der Waals surface area contributed by atoms with Crippen LogP contribution in [0.2, 0.25) is 0 Å². The van der Waals surface area contributed by atoms with Gasteiger partial charge in [0, 0.05) is 0 Å². The maximum absolute atomic E-state index is 10.8. The van der Waals surface area contributed by atoms with Crippen LogP contribution in [0.3, 0.4) is 0 Å². The molecule has 0 saturated heterocycles. The third kappa shape index (κ3) is 9.85. The molecule has 2 N–H and O–H groups in total. The molecule has 0 aliphatic heterocycles. The van der Waals surface area contributed by atoms with Crippen LogP contribution in [-0.2, 0) is 10.1 Å². The van der Waals surface area contributed by atoms with Gasteiger partial charge >= 0.3 is 0 Å². The molecule has 2 unspecified atom stereocenters. The normalized spacial score (nSPS) is 15.6. The van der Waals surface area contributed by atoms with Gasteiger partial charge in [-0.2, -0.15) is 8.42 Å². The molecule has 0 fully saturated rings. The number of aliphatic hydroxyl groups excluding tert-OH is 1. The minimum Gasteiger partial charge on any atom is -0.393 e. The summed E-state index contributed by atoms with van der Waals surface area (Å²) in [6.07, 6.45) is 8.03. The van der Waals surface area contributed by atoms with Crippen LogP contribution in [0.15, 0.2) is 0 Å². The molecule has 0 aromatic carbocycles. The number of hydrogen-bond acceptors (Lipinski definition) is 3. The van der Waals surface area contributed by atoms with Gasteiger partial charge in [0.05, 0.1) is 11.4 Å². The van der Waals surface area contributed by atoms with Crippen LogP contribution in [-0.4, -0.2) is 29.4 Å². The summed E-state index contributed by atoms with van der Waals surface area (Å²) in [5.41, 5.74) is 0. The summed E-state index contributed by atoms with van der Waals surface area (Å²) in [5.74, 6) is 0. The van der Waals surface area contributed by atoms with E-state index in [0.29, 0.717) is 6.42 Å². The summed E-state index contributed by atoms with van der Waals surface area (Å²) in [5, 5.41) is 8.96. The smallest absolute Gasteiger partial charge is 0.267 e. The molecule has 0 bridgehead atoms. The van der Waals surface area contributed by atoms with Crippen molar-refractivity contribution in [2.24, 2.45) is 0 Å². The zero-order chi connectivity index (χ0) is 14.0. The minimum absolute atomic E-state index is 0.179. The molecule has 2 atom stereocenters. The fourth-order valence-electron chi connectivity index (χ4n) is 1.90. The third-order valence-electron chi connectivity index (χ3n) is 3.30. The topological polar surface area (TPSA) is 74.6 Å². The first-order valence-electron chi connectivity index (χ1n) is 7.02. The van der Waals surface area contributed by atoms with Crippen LogP contribution in [0, 0.1) is 0 Å². The van der Waals surface area contributed by atoms with Crippen LogP contribution < -0.4 is 0 Å². The maximum atomic E-state index is 10.8. The molecular weight excluding hydrogens is 252 g/mol. The average molecular weight is 280 g/mol. The van der Waals surface area contributed by atoms with Crippen molar-refractivity contribution in [2.75, 3.05) is 0 Å². The molecule has 0 saturated carbocycles. The largest absolute Gasteiger partial charge is 0.393 e. The molecule has 110 valence electrons. The van der Waals surface area contributed by atoms with E-state index in [0.717, 1.165) is 51.4 Å². The Morgan fingerprint density at radius 3 is 1.94 bits per heavy atom. The Balaban J connectivity index is 3.41. The van der Waals surface area contributed by atoms with E-state index in [1.165, 1.54) is 6.92 Å². The number of rotatable bonds is 11. The van der Waals surface area contributed by atoms with Gasteiger partial charge < -0.3 is 5.11 Å². The Labute approximate surface area is 112 Å². The molecule has 0 aliphatic rings. The summed E-state index contributed by atoms with van der Waals surface area (Å²) < 4.78 is 30.3. The molecule has 0 aliphatic carbocycles. The van der Waals surface area contributed by atoms with Gasteiger partial charge in [-0.25, -0.2) is 0 Å².